The van der Waals surface area contributed by atoms with Gasteiger partial charge in [0.25, 0.3) is 0 Å². The molecule has 0 bridgehead atoms. The van der Waals surface area contributed by atoms with E-state index in [-0.39, 0.29) is 11.3 Å². The lowest BCUT2D eigenvalue weighted by Gasteiger charge is -2.19. The molecule has 0 atom stereocenters. The van der Waals surface area contributed by atoms with Crippen LogP contribution in [0.4, 0.5) is 5.69 Å². The first-order valence-corrected chi connectivity index (χ1v) is 9.65. The molecule has 0 fully saturated rings. The summed E-state index contributed by atoms with van der Waals surface area (Å²) in [7, 11) is 3.23. The number of hydrogen-bond acceptors (Lipinski definition) is 4. The molecule has 0 aliphatic carbocycles. The fraction of sp³-hybridized carbons (Fsp3) is 0.435. The van der Waals surface area contributed by atoms with Gasteiger partial charge >= 0.3 is 0 Å². The minimum atomic E-state index is 0.0410. The van der Waals surface area contributed by atoms with E-state index in [0.717, 1.165) is 17.7 Å². The van der Waals surface area contributed by atoms with Crippen LogP contribution in [0.5, 0.6) is 11.5 Å². The van der Waals surface area contributed by atoms with E-state index in [2.05, 4.69) is 55.7 Å². The average Bonchev–Trinajstić information content (AvgIpc) is 2.67. The maximum Gasteiger partial charge on any atom is 0.221 e. The summed E-state index contributed by atoms with van der Waals surface area (Å²) < 4.78 is 10.5. The van der Waals surface area contributed by atoms with Crippen LogP contribution in [0.2, 0.25) is 0 Å². The summed E-state index contributed by atoms with van der Waals surface area (Å²) >= 11 is 0. The number of benzene rings is 2. The van der Waals surface area contributed by atoms with Gasteiger partial charge in [0, 0.05) is 25.2 Å². The van der Waals surface area contributed by atoms with Crippen LogP contribution in [-0.2, 0) is 16.6 Å². The first-order valence-electron chi connectivity index (χ1n) is 9.65. The maximum atomic E-state index is 12.0. The number of amides is 1. The molecular weight excluding hydrogens is 352 g/mol. The number of carbonyl (C=O) groups excluding carboxylic acids is 1. The van der Waals surface area contributed by atoms with Crippen LogP contribution in [0.1, 0.15) is 38.3 Å². The molecule has 2 rings (SSSR count). The molecule has 2 N–H and O–H groups in total. The zero-order valence-electron chi connectivity index (χ0n) is 17.6. The number of nitrogens with one attached hydrogen (secondary N) is 2. The molecule has 0 heterocycles. The Kier molecular flexibility index (Phi) is 7.73. The Morgan fingerprint density at radius 2 is 1.61 bits per heavy atom. The van der Waals surface area contributed by atoms with Crippen molar-refractivity contribution < 1.29 is 14.3 Å². The van der Waals surface area contributed by atoms with Crippen molar-refractivity contribution in [3.8, 4) is 11.5 Å². The summed E-state index contributed by atoms with van der Waals surface area (Å²) in [6.07, 6.45) is 1.18. The quantitative estimate of drug-likeness (QED) is 0.681. The molecule has 0 aliphatic heterocycles. The van der Waals surface area contributed by atoms with Crippen molar-refractivity contribution in [3.05, 3.63) is 53.6 Å². The fourth-order valence-electron chi connectivity index (χ4n) is 2.88. The topological polar surface area (TPSA) is 59.6 Å². The van der Waals surface area contributed by atoms with Gasteiger partial charge < -0.3 is 20.1 Å². The van der Waals surface area contributed by atoms with E-state index < -0.39 is 0 Å². The van der Waals surface area contributed by atoms with Crippen LogP contribution in [0.25, 0.3) is 0 Å². The minimum Gasteiger partial charge on any atom is -0.493 e. The van der Waals surface area contributed by atoms with E-state index in [0.29, 0.717) is 31.0 Å². The highest BCUT2D eigenvalue weighted by molar-refractivity contribution is 5.76. The first kappa shape index (κ1) is 21.6. The van der Waals surface area contributed by atoms with E-state index in [1.54, 1.807) is 14.2 Å². The Balaban J connectivity index is 1.70. The Hall–Kier alpha value is -2.69. The lowest BCUT2D eigenvalue weighted by atomic mass is 9.87. The molecule has 0 radical (unpaired) electrons. The number of methoxy groups -OCH3 is 2. The smallest absolute Gasteiger partial charge is 0.221 e. The molecular formula is C23H32N2O3. The van der Waals surface area contributed by atoms with Gasteiger partial charge in [0.1, 0.15) is 0 Å². The molecule has 0 saturated heterocycles. The monoisotopic (exact) mass is 384 g/mol. The molecule has 0 saturated carbocycles. The number of rotatable bonds is 9. The maximum absolute atomic E-state index is 12.0. The highest BCUT2D eigenvalue weighted by Gasteiger charge is 2.12. The van der Waals surface area contributed by atoms with Crippen LogP contribution in [0.15, 0.2) is 42.5 Å². The van der Waals surface area contributed by atoms with Crippen molar-refractivity contribution in [2.75, 3.05) is 32.6 Å². The summed E-state index contributed by atoms with van der Waals surface area (Å²) in [4.78, 5) is 12.0. The fourth-order valence-corrected chi connectivity index (χ4v) is 2.88. The van der Waals surface area contributed by atoms with Crippen molar-refractivity contribution in [1.82, 2.24) is 5.32 Å². The highest BCUT2D eigenvalue weighted by Crippen LogP contribution is 2.27. The van der Waals surface area contributed by atoms with Gasteiger partial charge in [-0.3, -0.25) is 4.79 Å². The van der Waals surface area contributed by atoms with Gasteiger partial charge in [-0.15, -0.1) is 0 Å². The van der Waals surface area contributed by atoms with Crippen LogP contribution >= 0.6 is 0 Å². The first-order chi connectivity index (χ1) is 13.3. The summed E-state index contributed by atoms with van der Waals surface area (Å²) in [5, 5.41) is 6.26. The van der Waals surface area contributed by atoms with Crippen LogP contribution < -0.4 is 20.1 Å². The van der Waals surface area contributed by atoms with Crippen molar-refractivity contribution in [1.29, 1.82) is 0 Å². The molecule has 0 spiro atoms. The lowest BCUT2D eigenvalue weighted by Crippen LogP contribution is -2.27. The zero-order valence-corrected chi connectivity index (χ0v) is 17.6. The highest BCUT2D eigenvalue weighted by atomic mass is 16.5. The lowest BCUT2D eigenvalue weighted by molar-refractivity contribution is -0.120. The Morgan fingerprint density at radius 1 is 0.929 bits per heavy atom. The second-order valence-corrected chi connectivity index (χ2v) is 7.79. The van der Waals surface area contributed by atoms with Crippen molar-refractivity contribution >= 4 is 11.6 Å². The van der Waals surface area contributed by atoms with Crippen molar-refractivity contribution in [3.63, 3.8) is 0 Å². The molecule has 2 aromatic rings. The average molecular weight is 385 g/mol. The molecule has 0 unspecified atom stereocenters. The predicted octanol–water partition coefficient (Wildman–Crippen LogP) is 4.16. The van der Waals surface area contributed by atoms with Crippen LogP contribution in [-0.4, -0.2) is 33.2 Å². The third-order valence-corrected chi connectivity index (χ3v) is 4.62. The Bertz CT molecular complexity index is 764. The molecule has 0 aromatic heterocycles. The Morgan fingerprint density at radius 3 is 2.21 bits per heavy atom. The second-order valence-electron chi connectivity index (χ2n) is 7.79. The van der Waals surface area contributed by atoms with Gasteiger partial charge in [-0.2, -0.15) is 0 Å². The summed E-state index contributed by atoms with van der Waals surface area (Å²) in [5.41, 5.74) is 3.57. The normalized spacial score (nSPS) is 11.0. The second kappa shape index (κ2) is 10.0. The van der Waals surface area contributed by atoms with Crippen LogP contribution in [0.3, 0.4) is 0 Å². The van der Waals surface area contributed by atoms with Crippen molar-refractivity contribution in [2.24, 2.45) is 0 Å². The van der Waals surface area contributed by atoms with E-state index >= 15 is 0 Å². The standard InChI is InChI=1S/C23H32N2O3/c1-23(2,3)18-7-9-19(10-8-18)24-15-13-22(26)25-14-12-17-6-11-20(27-4)21(16-17)28-5/h6-11,16,24H,12-15H2,1-5H3,(H,25,26). The van der Waals surface area contributed by atoms with Gasteiger partial charge in [0.05, 0.1) is 14.2 Å². The number of carbonyl (C=O) groups is 1. The molecule has 0 aliphatic rings. The third kappa shape index (κ3) is 6.48. The molecule has 5 nitrogen and oxygen atoms in total. The van der Waals surface area contributed by atoms with E-state index in [1.165, 1.54) is 5.56 Å². The van der Waals surface area contributed by atoms with Gasteiger partial charge in [0.2, 0.25) is 5.91 Å². The molecule has 5 heteroatoms. The van der Waals surface area contributed by atoms with Gasteiger partial charge in [-0.25, -0.2) is 0 Å². The summed E-state index contributed by atoms with van der Waals surface area (Å²) in [6.45, 7) is 7.79. The molecule has 152 valence electrons. The van der Waals surface area contributed by atoms with Gasteiger partial charge in [-0.1, -0.05) is 39.0 Å². The predicted molar refractivity (Wildman–Crippen MR) is 115 cm³/mol. The number of anilines is 1. The summed E-state index contributed by atoms with van der Waals surface area (Å²) in [6, 6.07) is 14.2. The summed E-state index contributed by atoms with van der Waals surface area (Å²) in [5.74, 6) is 1.45. The zero-order chi connectivity index (χ0) is 20.6. The SMILES string of the molecule is COc1ccc(CCNC(=O)CCNc2ccc(C(C)(C)C)cc2)cc1OC. The Labute approximate surface area is 168 Å². The number of hydrogen-bond donors (Lipinski definition) is 2. The van der Waals surface area contributed by atoms with Crippen molar-refractivity contribution in [2.45, 2.75) is 39.0 Å². The molecule has 28 heavy (non-hydrogen) atoms. The van der Waals surface area contributed by atoms with E-state index in [4.69, 9.17) is 9.47 Å². The van der Waals surface area contributed by atoms with Gasteiger partial charge in [0.15, 0.2) is 11.5 Å². The molecule has 1 amide bonds. The largest absolute Gasteiger partial charge is 0.493 e. The third-order valence-electron chi connectivity index (χ3n) is 4.62. The minimum absolute atomic E-state index is 0.0410. The molecule has 2 aromatic carbocycles. The number of ether oxygens (including phenoxy) is 2. The van der Waals surface area contributed by atoms with E-state index in [1.807, 2.05) is 18.2 Å². The van der Waals surface area contributed by atoms with E-state index in [9.17, 15) is 4.79 Å². The van der Waals surface area contributed by atoms with Gasteiger partial charge in [-0.05, 0) is 47.2 Å². The van der Waals surface area contributed by atoms with Crippen LogP contribution in [0, 0.1) is 0 Å².